The van der Waals surface area contributed by atoms with Gasteiger partial charge in [-0.2, -0.15) is 0 Å². The minimum Gasteiger partial charge on any atom is -0.391 e. The molecule has 0 heterocycles. The third-order valence-electron chi connectivity index (χ3n) is 8.96. The summed E-state index contributed by atoms with van der Waals surface area (Å²) in [6.07, 6.45) is 34.1. The Morgan fingerprint density at radius 2 is 1.00 bits per heavy atom. The predicted molar refractivity (Wildman–Crippen MR) is 194 cm³/mol. The Labute approximate surface area is 284 Å². The zero-order valence-corrected chi connectivity index (χ0v) is 31.2. The maximum atomic E-state index is 12.7. The Morgan fingerprint density at radius 1 is 0.630 bits per heavy atom. The molecule has 3 atom stereocenters. The largest absolute Gasteiger partial charge is 0.472 e. The van der Waals surface area contributed by atoms with Gasteiger partial charge in [0.15, 0.2) is 0 Å². The van der Waals surface area contributed by atoms with Crippen molar-refractivity contribution in [3.05, 3.63) is 0 Å². The summed E-state index contributed by atoms with van der Waals surface area (Å²) in [5, 5.41) is 13.7. The van der Waals surface area contributed by atoms with Crippen LogP contribution in [0.2, 0.25) is 0 Å². The number of rotatable bonds is 37. The van der Waals surface area contributed by atoms with Gasteiger partial charge in [0.05, 0.1) is 25.4 Å². The Hall–Kier alpha value is -0.500. The normalized spacial score (nSPS) is 14.3. The summed E-state index contributed by atoms with van der Waals surface area (Å²) in [5.74, 6) is -0.161. The van der Waals surface area contributed by atoms with Crippen molar-refractivity contribution in [1.82, 2.24) is 5.32 Å². The molecule has 3 unspecified atom stereocenters. The molecule has 0 saturated carbocycles. The third kappa shape index (κ3) is 32.1. The molecular weight excluding hydrogens is 599 g/mol. The molecule has 0 aromatic rings. The summed E-state index contributed by atoms with van der Waals surface area (Å²) < 4.78 is 22.0. The van der Waals surface area contributed by atoms with Gasteiger partial charge >= 0.3 is 7.82 Å². The first-order valence-corrected chi connectivity index (χ1v) is 21.1. The van der Waals surface area contributed by atoms with Crippen LogP contribution in [0, 0.1) is 0 Å². The van der Waals surface area contributed by atoms with Gasteiger partial charge in [0.1, 0.15) is 0 Å². The highest BCUT2D eigenvalue weighted by Gasteiger charge is 2.27. The summed E-state index contributed by atoms with van der Waals surface area (Å²) in [5.41, 5.74) is 5.35. The molecule has 276 valence electrons. The second-order valence-corrected chi connectivity index (χ2v) is 15.0. The van der Waals surface area contributed by atoms with Crippen LogP contribution < -0.4 is 11.1 Å². The van der Waals surface area contributed by atoms with Gasteiger partial charge in [-0.1, -0.05) is 181 Å². The van der Waals surface area contributed by atoms with Crippen molar-refractivity contribution in [2.24, 2.45) is 5.73 Å². The fourth-order valence-corrected chi connectivity index (χ4v) is 6.72. The number of aliphatic hydroxyl groups is 1. The molecule has 0 fully saturated rings. The molecule has 0 radical (unpaired) electrons. The molecule has 9 heteroatoms. The van der Waals surface area contributed by atoms with E-state index in [1.807, 2.05) is 0 Å². The highest BCUT2D eigenvalue weighted by molar-refractivity contribution is 7.47. The average molecular weight is 677 g/mol. The molecule has 1 amide bonds. The van der Waals surface area contributed by atoms with E-state index in [4.69, 9.17) is 14.8 Å². The molecular formula is C37H77N2O6P. The lowest BCUT2D eigenvalue weighted by Crippen LogP contribution is -2.46. The molecule has 0 aliphatic carbocycles. The lowest BCUT2D eigenvalue weighted by atomic mass is 10.0. The zero-order chi connectivity index (χ0) is 34.0. The molecule has 0 rings (SSSR count). The lowest BCUT2D eigenvalue weighted by molar-refractivity contribution is -0.123. The van der Waals surface area contributed by atoms with Crippen LogP contribution in [0.15, 0.2) is 0 Å². The van der Waals surface area contributed by atoms with E-state index < -0.39 is 20.0 Å². The number of unbranched alkanes of at least 4 members (excludes halogenated alkanes) is 25. The number of hydrogen-bond acceptors (Lipinski definition) is 6. The lowest BCUT2D eigenvalue weighted by Gasteiger charge is -2.25. The van der Waals surface area contributed by atoms with E-state index >= 15 is 0 Å². The Balaban J connectivity index is 4.04. The van der Waals surface area contributed by atoms with Gasteiger partial charge in [-0.25, -0.2) is 4.57 Å². The SMILES string of the molecule is CCCCCCCCCCCCCCCCCCCCCC(=O)NC(COP(=O)(O)OCCN)C(O)CCCCCCCCCC. The molecule has 0 aliphatic rings. The first-order valence-electron chi connectivity index (χ1n) is 19.7. The highest BCUT2D eigenvalue weighted by Crippen LogP contribution is 2.43. The second kappa shape index (κ2) is 34.4. The summed E-state index contributed by atoms with van der Waals surface area (Å²) in [4.78, 5) is 22.6. The fraction of sp³-hybridized carbons (Fsp3) is 0.973. The van der Waals surface area contributed by atoms with Gasteiger partial charge < -0.3 is 21.1 Å². The summed E-state index contributed by atoms with van der Waals surface area (Å²) in [7, 11) is -4.30. The molecule has 0 aromatic carbocycles. The van der Waals surface area contributed by atoms with Gasteiger partial charge in [-0.3, -0.25) is 13.8 Å². The van der Waals surface area contributed by atoms with Crippen LogP contribution in [-0.4, -0.2) is 47.8 Å². The van der Waals surface area contributed by atoms with Gasteiger partial charge in [0.2, 0.25) is 5.91 Å². The molecule has 46 heavy (non-hydrogen) atoms. The maximum absolute atomic E-state index is 12.7. The first-order chi connectivity index (χ1) is 22.4. The topological polar surface area (TPSA) is 131 Å². The number of hydrogen-bond donors (Lipinski definition) is 4. The van der Waals surface area contributed by atoms with Crippen molar-refractivity contribution in [3.63, 3.8) is 0 Å². The van der Waals surface area contributed by atoms with Crippen molar-refractivity contribution in [1.29, 1.82) is 0 Å². The molecule has 0 spiro atoms. The van der Waals surface area contributed by atoms with Crippen LogP contribution in [0.5, 0.6) is 0 Å². The van der Waals surface area contributed by atoms with Gasteiger partial charge in [0.25, 0.3) is 0 Å². The minimum absolute atomic E-state index is 0.0918. The van der Waals surface area contributed by atoms with E-state index in [1.165, 1.54) is 135 Å². The van der Waals surface area contributed by atoms with E-state index in [0.29, 0.717) is 12.8 Å². The van der Waals surface area contributed by atoms with Crippen LogP contribution in [0.3, 0.4) is 0 Å². The van der Waals surface area contributed by atoms with Crippen molar-refractivity contribution in [3.8, 4) is 0 Å². The van der Waals surface area contributed by atoms with E-state index in [1.54, 1.807) is 0 Å². The molecule has 8 nitrogen and oxygen atoms in total. The van der Waals surface area contributed by atoms with Crippen molar-refractivity contribution < 1.29 is 28.4 Å². The Kier molecular flexibility index (Phi) is 34.0. The Bertz CT molecular complexity index is 699. The van der Waals surface area contributed by atoms with E-state index in [-0.39, 0.29) is 25.7 Å². The summed E-state index contributed by atoms with van der Waals surface area (Å²) in [6.45, 7) is 4.18. The average Bonchev–Trinajstić information content (AvgIpc) is 3.04. The fourth-order valence-electron chi connectivity index (χ4n) is 5.96. The van der Waals surface area contributed by atoms with E-state index in [9.17, 15) is 19.4 Å². The number of carbonyl (C=O) groups is 1. The van der Waals surface area contributed by atoms with Crippen LogP contribution in [0.25, 0.3) is 0 Å². The van der Waals surface area contributed by atoms with Gasteiger partial charge in [-0.15, -0.1) is 0 Å². The van der Waals surface area contributed by atoms with Crippen LogP contribution in [0.1, 0.15) is 200 Å². The van der Waals surface area contributed by atoms with Crippen LogP contribution in [-0.2, 0) is 18.4 Å². The van der Waals surface area contributed by atoms with Gasteiger partial charge in [0, 0.05) is 13.0 Å². The van der Waals surface area contributed by atoms with Crippen molar-refractivity contribution in [2.45, 2.75) is 212 Å². The van der Waals surface area contributed by atoms with E-state index in [0.717, 1.165) is 38.5 Å². The molecule has 0 aromatic heterocycles. The summed E-state index contributed by atoms with van der Waals surface area (Å²) >= 11 is 0. The van der Waals surface area contributed by atoms with Crippen LogP contribution >= 0.6 is 7.82 Å². The number of nitrogens with one attached hydrogen (secondary N) is 1. The number of carbonyl (C=O) groups excluding carboxylic acids is 1. The predicted octanol–water partition coefficient (Wildman–Crippen LogP) is 10.3. The minimum atomic E-state index is -4.30. The van der Waals surface area contributed by atoms with Crippen molar-refractivity contribution in [2.75, 3.05) is 19.8 Å². The number of amides is 1. The maximum Gasteiger partial charge on any atom is 0.472 e. The van der Waals surface area contributed by atoms with E-state index in [2.05, 4.69) is 19.2 Å². The number of phosphoric acid groups is 1. The molecule has 0 saturated heterocycles. The quantitative estimate of drug-likeness (QED) is 0.0380. The molecule has 5 N–H and O–H groups in total. The molecule has 0 aliphatic heterocycles. The van der Waals surface area contributed by atoms with Gasteiger partial charge in [-0.05, 0) is 12.8 Å². The zero-order valence-electron chi connectivity index (χ0n) is 30.3. The molecule has 0 bridgehead atoms. The first kappa shape index (κ1) is 45.5. The smallest absolute Gasteiger partial charge is 0.391 e. The second-order valence-electron chi connectivity index (χ2n) is 13.5. The summed E-state index contributed by atoms with van der Waals surface area (Å²) in [6, 6.07) is -0.765. The standard InChI is InChI=1S/C37H77N2O6P/c1-3-5-7-9-11-13-14-15-16-17-18-19-20-21-22-23-25-27-29-31-37(41)39-35(34-45-46(42,43)44-33-32-38)36(40)30-28-26-24-12-10-8-6-4-2/h35-36,40H,3-34,38H2,1-2H3,(H,39,41)(H,42,43). The number of aliphatic hydroxyl groups excluding tert-OH is 1. The monoisotopic (exact) mass is 677 g/mol. The Morgan fingerprint density at radius 3 is 1.39 bits per heavy atom. The number of nitrogens with two attached hydrogens (primary N) is 1. The van der Waals surface area contributed by atoms with Crippen molar-refractivity contribution >= 4 is 13.7 Å². The third-order valence-corrected chi connectivity index (χ3v) is 9.95. The highest BCUT2D eigenvalue weighted by atomic mass is 31.2. The number of phosphoric ester groups is 1. The van der Waals surface area contributed by atoms with Crippen LogP contribution in [0.4, 0.5) is 0 Å².